The normalized spacial score (nSPS) is 16.3. The Morgan fingerprint density at radius 3 is 2.48 bits per heavy atom. The molecule has 2 aromatic carbocycles. The Labute approximate surface area is 145 Å². The van der Waals surface area contributed by atoms with Crippen LogP contribution in [0.5, 0.6) is 11.5 Å². The maximum atomic E-state index is 12.2. The van der Waals surface area contributed by atoms with E-state index in [1.54, 1.807) is 24.3 Å². The summed E-state index contributed by atoms with van der Waals surface area (Å²) in [5, 5.41) is 7.84. The van der Waals surface area contributed by atoms with Crippen LogP contribution in [-0.4, -0.2) is 33.6 Å². The largest absolute Gasteiger partial charge is 0.485 e. The summed E-state index contributed by atoms with van der Waals surface area (Å²) >= 11 is 0. The first-order valence-electron chi connectivity index (χ1n) is 7.71. The van der Waals surface area contributed by atoms with Crippen LogP contribution in [0.1, 0.15) is 5.56 Å². The fourth-order valence-corrected chi connectivity index (χ4v) is 2.95. The van der Waals surface area contributed by atoms with Gasteiger partial charge in [0, 0.05) is 6.54 Å². The van der Waals surface area contributed by atoms with Crippen LogP contribution < -0.4 is 19.9 Å². The first-order chi connectivity index (χ1) is 11.9. The van der Waals surface area contributed by atoms with E-state index >= 15 is 0 Å². The highest BCUT2D eigenvalue weighted by atomic mass is 32.2. The number of nitrogens with one attached hydrogen (secondary N) is 1. The number of rotatable bonds is 5. The molecule has 8 heteroatoms. The van der Waals surface area contributed by atoms with Gasteiger partial charge in [0.15, 0.2) is 11.5 Å². The molecule has 7 nitrogen and oxygen atoms in total. The number of hydrogen-bond donors (Lipinski definition) is 2. The van der Waals surface area contributed by atoms with Gasteiger partial charge in [-0.1, -0.05) is 24.3 Å². The van der Waals surface area contributed by atoms with Crippen LogP contribution in [0.15, 0.2) is 53.4 Å². The van der Waals surface area contributed by atoms with Crippen LogP contribution in [-0.2, 0) is 21.2 Å². The molecule has 1 amide bonds. The van der Waals surface area contributed by atoms with E-state index in [-0.39, 0.29) is 17.4 Å². The minimum Gasteiger partial charge on any atom is -0.485 e. The summed E-state index contributed by atoms with van der Waals surface area (Å²) in [6, 6.07) is 13.4. The zero-order valence-corrected chi connectivity index (χ0v) is 14.2. The van der Waals surface area contributed by atoms with Gasteiger partial charge in [0.2, 0.25) is 16.1 Å². The summed E-state index contributed by atoms with van der Waals surface area (Å²) in [5.74, 6) is 0.921. The molecule has 1 heterocycles. The third-order valence-electron chi connectivity index (χ3n) is 3.77. The molecule has 3 rings (SSSR count). The van der Waals surface area contributed by atoms with Gasteiger partial charge in [-0.2, -0.15) is 0 Å². The molecule has 2 aromatic rings. The van der Waals surface area contributed by atoms with Crippen molar-refractivity contribution in [1.29, 1.82) is 0 Å². The van der Waals surface area contributed by atoms with Crippen molar-refractivity contribution in [3.8, 4) is 11.5 Å². The number of amides is 1. The number of benzene rings is 2. The van der Waals surface area contributed by atoms with E-state index in [0.29, 0.717) is 24.5 Å². The molecule has 0 fully saturated rings. The van der Waals surface area contributed by atoms with Crippen LogP contribution in [0.4, 0.5) is 0 Å². The predicted molar refractivity (Wildman–Crippen MR) is 90.9 cm³/mol. The average Bonchev–Trinajstić information content (AvgIpc) is 2.61. The number of primary sulfonamides is 1. The number of para-hydroxylation sites is 2. The molecule has 1 aliphatic heterocycles. The fraction of sp³-hybridized carbons (Fsp3) is 0.235. The van der Waals surface area contributed by atoms with Crippen molar-refractivity contribution in [2.45, 2.75) is 17.4 Å². The van der Waals surface area contributed by atoms with Crippen molar-refractivity contribution in [3.63, 3.8) is 0 Å². The minimum absolute atomic E-state index is 0.0618. The standard InChI is InChI=1S/C17H18N2O5S/c18-25(21,22)13-7-5-12(6-8-13)9-10-19-17(20)16-11-23-14-3-1-2-4-15(14)24-16/h1-8,16H,9-11H2,(H,19,20)(H2,18,21,22)/t16-/m1/s1. The summed E-state index contributed by atoms with van der Waals surface area (Å²) in [5.41, 5.74) is 0.888. The second kappa shape index (κ2) is 7.12. The van der Waals surface area contributed by atoms with Gasteiger partial charge in [0.1, 0.15) is 6.61 Å². The second-order valence-electron chi connectivity index (χ2n) is 5.59. The lowest BCUT2D eigenvalue weighted by atomic mass is 10.1. The van der Waals surface area contributed by atoms with E-state index in [1.807, 2.05) is 12.1 Å². The Bertz CT molecular complexity index is 865. The maximum Gasteiger partial charge on any atom is 0.264 e. The van der Waals surface area contributed by atoms with Crippen molar-refractivity contribution < 1.29 is 22.7 Å². The Balaban J connectivity index is 1.50. The number of carbonyl (C=O) groups is 1. The van der Waals surface area contributed by atoms with E-state index in [9.17, 15) is 13.2 Å². The first kappa shape index (κ1) is 17.2. The van der Waals surface area contributed by atoms with Gasteiger partial charge in [-0.05, 0) is 36.2 Å². The predicted octanol–water partition coefficient (Wildman–Crippen LogP) is 0.833. The molecule has 1 atom stereocenters. The Hall–Kier alpha value is -2.58. The van der Waals surface area contributed by atoms with E-state index in [4.69, 9.17) is 14.6 Å². The monoisotopic (exact) mass is 362 g/mol. The van der Waals surface area contributed by atoms with Crippen molar-refractivity contribution in [2.75, 3.05) is 13.2 Å². The lowest BCUT2D eigenvalue weighted by Crippen LogP contribution is -2.44. The number of nitrogens with two attached hydrogens (primary N) is 1. The van der Waals surface area contributed by atoms with Gasteiger partial charge in [0.05, 0.1) is 4.90 Å². The van der Waals surface area contributed by atoms with E-state index in [1.165, 1.54) is 12.1 Å². The number of fused-ring (bicyclic) bond motifs is 1. The van der Waals surface area contributed by atoms with Gasteiger partial charge in [-0.25, -0.2) is 13.6 Å². The van der Waals surface area contributed by atoms with Gasteiger partial charge < -0.3 is 14.8 Å². The fourth-order valence-electron chi connectivity index (χ4n) is 2.44. The second-order valence-corrected chi connectivity index (χ2v) is 7.16. The van der Waals surface area contributed by atoms with Crippen molar-refractivity contribution in [2.24, 2.45) is 5.14 Å². The van der Waals surface area contributed by atoms with Gasteiger partial charge in [-0.3, -0.25) is 4.79 Å². The molecule has 3 N–H and O–H groups in total. The zero-order chi connectivity index (χ0) is 17.9. The van der Waals surface area contributed by atoms with E-state index < -0.39 is 16.1 Å². The lowest BCUT2D eigenvalue weighted by molar-refractivity contribution is -0.130. The van der Waals surface area contributed by atoms with E-state index in [0.717, 1.165) is 5.56 Å². The molecule has 0 bridgehead atoms. The van der Waals surface area contributed by atoms with Gasteiger partial charge in [-0.15, -0.1) is 0 Å². The Morgan fingerprint density at radius 2 is 1.80 bits per heavy atom. The smallest absolute Gasteiger partial charge is 0.264 e. The zero-order valence-electron chi connectivity index (χ0n) is 13.3. The molecule has 0 saturated heterocycles. The third kappa shape index (κ3) is 4.28. The van der Waals surface area contributed by atoms with Crippen molar-refractivity contribution >= 4 is 15.9 Å². The van der Waals surface area contributed by atoms with Crippen LogP contribution in [0.3, 0.4) is 0 Å². The molecular weight excluding hydrogens is 344 g/mol. The number of ether oxygens (including phenoxy) is 2. The minimum atomic E-state index is -3.69. The quantitative estimate of drug-likeness (QED) is 0.819. The molecule has 0 radical (unpaired) electrons. The molecule has 25 heavy (non-hydrogen) atoms. The highest BCUT2D eigenvalue weighted by molar-refractivity contribution is 7.89. The van der Waals surface area contributed by atoms with Gasteiger partial charge >= 0.3 is 0 Å². The Morgan fingerprint density at radius 1 is 1.12 bits per heavy atom. The average molecular weight is 362 g/mol. The molecule has 0 spiro atoms. The topological polar surface area (TPSA) is 108 Å². The third-order valence-corrected chi connectivity index (χ3v) is 4.70. The van der Waals surface area contributed by atoms with Crippen molar-refractivity contribution in [1.82, 2.24) is 5.32 Å². The molecular formula is C17H18N2O5S. The first-order valence-corrected chi connectivity index (χ1v) is 9.26. The maximum absolute atomic E-state index is 12.2. The SMILES string of the molecule is NS(=O)(=O)c1ccc(CCNC(=O)[C@H]2COc3ccccc3O2)cc1. The molecule has 0 aliphatic carbocycles. The highest BCUT2D eigenvalue weighted by Crippen LogP contribution is 2.30. The van der Waals surface area contributed by atoms with Crippen LogP contribution in [0, 0.1) is 0 Å². The number of sulfonamides is 1. The summed E-state index contributed by atoms with van der Waals surface area (Å²) in [4.78, 5) is 12.2. The van der Waals surface area contributed by atoms with Crippen LogP contribution in [0.2, 0.25) is 0 Å². The summed E-state index contributed by atoms with van der Waals surface area (Å²) < 4.78 is 33.6. The summed E-state index contributed by atoms with van der Waals surface area (Å²) in [6.07, 6.45) is -0.138. The number of hydrogen-bond acceptors (Lipinski definition) is 5. The summed E-state index contributed by atoms with van der Waals surface area (Å²) in [7, 11) is -3.69. The molecule has 1 aliphatic rings. The molecule has 0 unspecified atom stereocenters. The van der Waals surface area contributed by atoms with Crippen LogP contribution >= 0.6 is 0 Å². The number of carbonyl (C=O) groups excluding carboxylic acids is 1. The van der Waals surface area contributed by atoms with Gasteiger partial charge in [0.25, 0.3) is 5.91 Å². The lowest BCUT2D eigenvalue weighted by Gasteiger charge is -2.25. The molecule has 132 valence electrons. The van der Waals surface area contributed by atoms with E-state index in [2.05, 4.69) is 5.32 Å². The van der Waals surface area contributed by atoms with Crippen molar-refractivity contribution in [3.05, 3.63) is 54.1 Å². The summed E-state index contributed by atoms with van der Waals surface area (Å²) in [6.45, 7) is 0.557. The molecule has 0 saturated carbocycles. The Kier molecular flexibility index (Phi) is 4.91. The van der Waals surface area contributed by atoms with Crippen LogP contribution in [0.25, 0.3) is 0 Å². The highest BCUT2D eigenvalue weighted by Gasteiger charge is 2.26. The molecule has 0 aromatic heterocycles.